The van der Waals surface area contributed by atoms with Gasteiger partial charge in [-0.2, -0.15) is 0 Å². The quantitative estimate of drug-likeness (QED) is 0.821. The highest BCUT2D eigenvalue weighted by molar-refractivity contribution is 5.41. The van der Waals surface area contributed by atoms with Gasteiger partial charge in [0.2, 0.25) is 0 Å². The van der Waals surface area contributed by atoms with Gasteiger partial charge >= 0.3 is 0 Å². The maximum absolute atomic E-state index is 11.2. The molecule has 0 amide bonds. The molecule has 1 aliphatic carbocycles. The molecular weight excluding hydrogens is 278 g/mol. The number of nitrogens with zero attached hydrogens (tertiary/aromatic N) is 1. The normalized spacial score (nSPS) is 21.8. The molecule has 1 unspecified atom stereocenters. The van der Waals surface area contributed by atoms with Crippen LogP contribution in [0.1, 0.15) is 37.3 Å². The first-order valence-corrected chi connectivity index (χ1v) is 7.74. The Hall–Kier alpha value is -1.36. The lowest BCUT2D eigenvalue weighted by molar-refractivity contribution is -0.218. The summed E-state index contributed by atoms with van der Waals surface area (Å²) in [6.45, 7) is 2.02. The van der Waals surface area contributed by atoms with E-state index in [1.165, 1.54) is 0 Å². The van der Waals surface area contributed by atoms with Crippen molar-refractivity contribution in [3.05, 3.63) is 47.2 Å². The van der Waals surface area contributed by atoms with E-state index in [2.05, 4.69) is 4.90 Å². The van der Waals surface area contributed by atoms with Crippen LogP contribution in [0.25, 0.3) is 0 Å². The molecule has 0 aliphatic heterocycles. The van der Waals surface area contributed by atoms with Crippen LogP contribution in [-0.4, -0.2) is 38.3 Å². The van der Waals surface area contributed by atoms with Crippen molar-refractivity contribution in [3.63, 3.8) is 0 Å². The van der Waals surface area contributed by atoms with E-state index in [0.29, 0.717) is 12.8 Å². The van der Waals surface area contributed by atoms with Crippen LogP contribution in [-0.2, 0) is 20.9 Å². The van der Waals surface area contributed by atoms with Crippen LogP contribution >= 0.6 is 0 Å². The summed E-state index contributed by atoms with van der Waals surface area (Å²) < 4.78 is 11.4. The predicted molar refractivity (Wildman–Crippen MR) is 87.3 cm³/mol. The molecule has 122 valence electrons. The zero-order valence-corrected chi connectivity index (χ0v) is 14.2. The maximum atomic E-state index is 11.2. The van der Waals surface area contributed by atoms with Crippen molar-refractivity contribution in [2.45, 2.75) is 37.6 Å². The summed E-state index contributed by atoms with van der Waals surface area (Å²) in [7, 11) is 7.29. The fourth-order valence-corrected chi connectivity index (χ4v) is 3.28. The average Bonchev–Trinajstić information content (AvgIpc) is 2.94. The van der Waals surface area contributed by atoms with Crippen molar-refractivity contribution < 1.29 is 14.6 Å². The Kier molecular flexibility index (Phi) is 4.95. The highest BCUT2D eigenvalue weighted by Crippen LogP contribution is 2.43. The molecule has 4 nitrogen and oxygen atoms in total. The summed E-state index contributed by atoms with van der Waals surface area (Å²) in [5.74, 6) is -0.832. The van der Waals surface area contributed by atoms with Gasteiger partial charge in [0, 0.05) is 46.0 Å². The Balaban J connectivity index is 2.54. The van der Waals surface area contributed by atoms with Crippen molar-refractivity contribution in [3.8, 4) is 0 Å². The zero-order chi connectivity index (χ0) is 16.4. The average molecular weight is 305 g/mol. The van der Waals surface area contributed by atoms with Gasteiger partial charge in [0.25, 0.3) is 0 Å². The van der Waals surface area contributed by atoms with E-state index >= 15 is 0 Å². The molecule has 0 aromatic heterocycles. The predicted octanol–water partition coefficient (Wildman–Crippen LogP) is 2.97. The smallest absolute Gasteiger partial charge is 0.194 e. The highest BCUT2D eigenvalue weighted by atomic mass is 16.7. The maximum Gasteiger partial charge on any atom is 0.194 e. The van der Waals surface area contributed by atoms with Crippen molar-refractivity contribution in [2.75, 3.05) is 28.3 Å². The molecule has 2 rings (SSSR count). The molecular formula is C18H27NO3. The van der Waals surface area contributed by atoms with Gasteiger partial charge in [-0.1, -0.05) is 31.2 Å². The van der Waals surface area contributed by atoms with Gasteiger partial charge in [-0.3, -0.25) is 0 Å². The van der Waals surface area contributed by atoms with E-state index in [4.69, 9.17) is 9.47 Å². The van der Waals surface area contributed by atoms with Crippen LogP contribution in [0.2, 0.25) is 0 Å². The molecule has 1 aliphatic rings. The topological polar surface area (TPSA) is 41.9 Å². The second-order valence-corrected chi connectivity index (χ2v) is 6.01. The van der Waals surface area contributed by atoms with Crippen LogP contribution in [0.4, 0.5) is 0 Å². The van der Waals surface area contributed by atoms with E-state index in [1.54, 1.807) is 14.2 Å². The van der Waals surface area contributed by atoms with Crippen molar-refractivity contribution in [1.82, 2.24) is 4.90 Å². The summed E-state index contributed by atoms with van der Waals surface area (Å²) in [4.78, 5) is 2.06. The number of aliphatic hydroxyl groups is 1. The Bertz CT molecular complexity index is 541. The molecule has 0 heterocycles. The molecule has 0 radical (unpaired) electrons. The van der Waals surface area contributed by atoms with E-state index < -0.39 is 11.4 Å². The summed E-state index contributed by atoms with van der Waals surface area (Å²) in [5.41, 5.74) is 1.92. The minimum absolute atomic E-state index is 0.664. The second-order valence-electron chi connectivity index (χ2n) is 6.01. The number of benzene rings is 1. The van der Waals surface area contributed by atoms with Crippen LogP contribution in [0.5, 0.6) is 0 Å². The van der Waals surface area contributed by atoms with Gasteiger partial charge < -0.3 is 19.5 Å². The molecule has 4 heteroatoms. The molecule has 1 aromatic carbocycles. The SMILES string of the molecule is CCC(OC)(OC)c1ccccc1C1(O)C=C(N(C)C)CC1. The van der Waals surface area contributed by atoms with E-state index in [9.17, 15) is 5.11 Å². The van der Waals surface area contributed by atoms with Gasteiger partial charge in [-0.25, -0.2) is 0 Å². The van der Waals surface area contributed by atoms with Crippen molar-refractivity contribution in [2.24, 2.45) is 0 Å². The summed E-state index contributed by atoms with van der Waals surface area (Å²) >= 11 is 0. The molecule has 0 saturated carbocycles. The first kappa shape index (κ1) is 17.0. The van der Waals surface area contributed by atoms with Gasteiger partial charge in [-0.15, -0.1) is 0 Å². The van der Waals surface area contributed by atoms with E-state index in [1.807, 2.05) is 51.4 Å². The lowest BCUT2D eigenvalue weighted by Gasteiger charge is -2.35. The van der Waals surface area contributed by atoms with Gasteiger partial charge in [-0.05, 0) is 24.5 Å². The number of hydrogen-bond acceptors (Lipinski definition) is 4. The van der Waals surface area contributed by atoms with Crippen molar-refractivity contribution >= 4 is 0 Å². The zero-order valence-electron chi connectivity index (χ0n) is 14.2. The Morgan fingerprint density at radius 2 is 1.86 bits per heavy atom. The first-order chi connectivity index (χ1) is 10.4. The lowest BCUT2D eigenvalue weighted by atomic mass is 9.85. The Labute approximate surface area is 133 Å². The monoisotopic (exact) mass is 305 g/mol. The minimum atomic E-state index is -0.978. The summed E-state index contributed by atoms with van der Waals surface area (Å²) in [6, 6.07) is 7.85. The fourth-order valence-electron chi connectivity index (χ4n) is 3.28. The summed E-state index contributed by atoms with van der Waals surface area (Å²) in [5, 5.41) is 11.2. The number of hydrogen-bond donors (Lipinski definition) is 1. The molecule has 0 bridgehead atoms. The highest BCUT2D eigenvalue weighted by Gasteiger charge is 2.40. The largest absolute Gasteiger partial charge is 0.381 e. The van der Waals surface area contributed by atoms with Gasteiger partial charge in [0.1, 0.15) is 5.60 Å². The van der Waals surface area contributed by atoms with Crippen LogP contribution in [0.3, 0.4) is 0 Å². The third kappa shape index (κ3) is 2.78. The molecule has 1 atom stereocenters. The third-order valence-corrected chi connectivity index (χ3v) is 4.67. The van der Waals surface area contributed by atoms with Crippen LogP contribution in [0, 0.1) is 0 Å². The third-order valence-electron chi connectivity index (χ3n) is 4.67. The van der Waals surface area contributed by atoms with Crippen LogP contribution in [0.15, 0.2) is 36.0 Å². The van der Waals surface area contributed by atoms with Gasteiger partial charge in [0.05, 0.1) is 0 Å². The number of allylic oxidation sites excluding steroid dienone is 1. The number of ether oxygens (including phenoxy) is 2. The number of rotatable bonds is 6. The molecule has 1 N–H and O–H groups in total. The minimum Gasteiger partial charge on any atom is -0.381 e. The van der Waals surface area contributed by atoms with E-state index in [-0.39, 0.29) is 0 Å². The van der Waals surface area contributed by atoms with E-state index in [0.717, 1.165) is 23.2 Å². The molecule has 1 aromatic rings. The second kappa shape index (κ2) is 6.41. The first-order valence-electron chi connectivity index (χ1n) is 7.74. The fraction of sp³-hybridized carbons (Fsp3) is 0.556. The van der Waals surface area contributed by atoms with Crippen molar-refractivity contribution in [1.29, 1.82) is 0 Å². The lowest BCUT2D eigenvalue weighted by Crippen LogP contribution is -2.34. The Morgan fingerprint density at radius 1 is 1.23 bits per heavy atom. The summed E-state index contributed by atoms with van der Waals surface area (Å²) in [6.07, 6.45) is 4.15. The van der Waals surface area contributed by atoms with Gasteiger partial charge in [0.15, 0.2) is 5.79 Å². The standard InChI is InChI=1S/C18H27NO3/c1-6-18(21-4,22-5)16-10-8-7-9-15(16)17(20)12-11-14(13-17)19(2)3/h7-10,13,20H,6,11-12H2,1-5H3. The number of methoxy groups -OCH3 is 2. The Morgan fingerprint density at radius 3 is 2.36 bits per heavy atom. The molecule has 0 saturated heterocycles. The molecule has 22 heavy (non-hydrogen) atoms. The van der Waals surface area contributed by atoms with Crippen LogP contribution < -0.4 is 0 Å². The molecule has 0 spiro atoms. The molecule has 0 fully saturated rings.